The third-order valence-corrected chi connectivity index (χ3v) is 12.2. The van der Waals surface area contributed by atoms with E-state index in [0.717, 1.165) is 34.8 Å². The molecule has 0 saturated carbocycles. The van der Waals surface area contributed by atoms with Crippen molar-refractivity contribution in [1.29, 1.82) is 0 Å². The quantitative estimate of drug-likeness (QED) is 0.206. The van der Waals surface area contributed by atoms with Gasteiger partial charge in [0.25, 0.3) is 0 Å². The third kappa shape index (κ3) is 13.8. The second-order valence-corrected chi connectivity index (χ2v) is 13.8. The van der Waals surface area contributed by atoms with Crippen molar-refractivity contribution in [3.63, 3.8) is 0 Å². The topological polar surface area (TPSA) is 6.48 Å². The molecule has 7 heteroatoms. The van der Waals surface area contributed by atoms with Gasteiger partial charge in [-0.3, -0.25) is 0 Å². The number of hydrogen-bond acceptors (Lipinski definition) is 4. The summed E-state index contributed by atoms with van der Waals surface area (Å²) in [6, 6.07) is 0. The van der Waals surface area contributed by atoms with Crippen molar-refractivity contribution in [3.8, 4) is 0 Å². The van der Waals surface area contributed by atoms with Gasteiger partial charge < -0.3 is 0 Å². The molecular weight excluding hydrogens is 451 g/mol. The van der Waals surface area contributed by atoms with Gasteiger partial charge in [0.2, 0.25) is 0 Å². The van der Waals surface area contributed by atoms with Crippen LogP contribution in [-0.4, -0.2) is 57.3 Å². The summed E-state index contributed by atoms with van der Waals surface area (Å²) in [6.45, 7) is 13.4. The molecule has 0 aromatic rings. The summed E-state index contributed by atoms with van der Waals surface area (Å²) in [5.41, 5.74) is 0. The van der Waals surface area contributed by atoms with E-state index in [4.69, 9.17) is 24.4 Å². The fourth-order valence-corrected chi connectivity index (χ4v) is 10.5. The number of thiocarbonyl (C=S) groups is 2. The zero-order chi connectivity index (χ0) is 18.9. The molecule has 148 valence electrons. The molecule has 0 N–H and O–H groups in total. The van der Waals surface area contributed by atoms with Crippen LogP contribution in [0.25, 0.3) is 0 Å². The molecule has 2 nitrogen and oxygen atoms in total. The Labute approximate surface area is 180 Å². The Bertz CT molecular complexity index is 308. The van der Waals surface area contributed by atoms with E-state index in [2.05, 4.69) is 37.5 Å². The maximum absolute atomic E-state index is 5.69. The van der Waals surface area contributed by atoms with Gasteiger partial charge in [-0.25, -0.2) is 0 Å². The van der Waals surface area contributed by atoms with E-state index in [-0.39, 0.29) is 0 Å². The summed E-state index contributed by atoms with van der Waals surface area (Å²) in [5.74, 6) is 0. The van der Waals surface area contributed by atoms with Crippen molar-refractivity contribution in [2.45, 2.75) is 79.1 Å². The van der Waals surface area contributed by atoms with Crippen LogP contribution in [0.1, 0.15) is 79.1 Å². The van der Waals surface area contributed by atoms with Crippen LogP contribution in [0, 0.1) is 0 Å². The summed E-state index contributed by atoms with van der Waals surface area (Å²) in [5, 5.41) is 0. The molecule has 0 aliphatic rings. The van der Waals surface area contributed by atoms with Gasteiger partial charge in [0.15, 0.2) is 0 Å². The SMILES string of the molecule is CCCCN(CCCC)C(=S)S[Se]SC(=S)N(CCCC)CCCC. The van der Waals surface area contributed by atoms with Crippen molar-refractivity contribution >= 4 is 66.2 Å². The van der Waals surface area contributed by atoms with Crippen molar-refractivity contribution in [1.82, 2.24) is 9.80 Å². The number of unbranched alkanes of at least 4 members (excludes halogenated alkanes) is 4. The van der Waals surface area contributed by atoms with Crippen LogP contribution in [0.15, 0.2) is 0 Å². The third-order valence-electron chi connectivity index (χ3n) is 3.85. The Morgan fingerprint density at radius 1 is 0.640 bits per heavy atom. The van der Waals surface area contributed by atoms with Gasteiger partial charge in [-0.15, -0.1) is 0 Å². The average molecular weight is 488 g/mol. The molecule has 0 aliphatic carbocycles. The molecule has 0 saturated heterocycles. The minimum absolute atomic E-state index is 0.335. The average Bonchev–Trinajstić information content (AvgIpc) is 2.61. The van der Waals surface area contributed by atoms with Crippen LogP contribution in [-0.2, 0) is 0 Å². The summed E-state index contributed by atoms with van der Waals surface area (Å²) in [7, 11) is 3.70. The van der Waals surface area contributed by atoms with E-state index in [0.29, 0.717) is 12.7 Å². The predicted molar refractivity (Wildman–Crippen MR) is 129 cm³/mol. The van der Waals surface area contributed by atoms with Crippen LogP contribution in [0.2, 0.25) is 0 Å². The molecule has 0 aromatic carbocycles. The van der Waals surface area contributed by atoms with Crippen molar-refractivity contribution in [3.05, 3.63) is 0 Å². The number of rotatable bonds is 14. The van der Waals surface area contributed by atoms with Gasteiger partial charge in [-0.05, 0) is 0 Å². The first kappa shape index (κ1) is 26.0. The second kappa shape index (κ2) is 18.4. The summed E-state index contributed by atoms with van der Waals surface area (Å²) in [6.07, 6.45) is 9.81. The van der Waals surface area contributed by atoms with Gasteiger partial charge in [-0.1, -0.05) is 0 Å². The molecule has 0 bridgehead atoms. The van der Waals surface area contributed by atoms with Gasteiger partial charge in [0, 0.05) is 0 Å². The van der Waals surface area contributed by atoms with Crippen LogP contribution in [0.4, 0.5) is 0 Å². The molecular formula is C18H36N2S4Se. The normalized spacial score (nSPS) is 10.7. The zero-order valence-electron chi connectivity index (χ0n) is 16.4. The molecule has 0 unspecified atom stereocenters. The van der Waals surface area contributed by atoms with Crippen molar-refractivity contribution in [2.24, 2.45) is 0 Å². The molecule has 0 radical (unpaired) electrons. The number of nitrogens with zero attached hydrogens (tertiary/aromatic N) is 2. The first-order chi connectivity index (χ1) is 12.1. The molecule has 0 aromatic heterocycles. The molecule has 0 amide bonds. The van der Waals surface area contributed by atoms with Crippen LogP contribution in [0.3, 0.4) is 0 Å². The fourth-order valence-electron chi connectivity index (χ4n) is 2.17. The van der Waals surface area contributed by atoms with Gasteiger partial charge in [0.05, 0.1) is 0 Å². The van der Waals surface area contributed by atoms with Crippen LogP contribution >= 0.6 is 44.8 Å². The fraction of sp³-hybridized carbons (Fsp3) is 0.889. The van der Waals surface area contributed by atoms with Gasteiger partial charge in [0.1, 0.15) is 0 Å². The Balaban J connectivity index is 4.31. The molecule has 0 heterocycles. The van der Waals surface area contributed by atoms with E-state index in [9.17, 15) is 0 Å². The molecule has 0 fully saturated rings. The second-order valence-electron chi connectivity index (χ2n) is 6.15. The van der Waals surface area contributed by atoms with E-state index >= 15 is 0 Å². The zero-order valence-corrected chi connectivity index (χ0v) is 21.4. The Morgan fingerprint density at radius 3 is 1.16 bits per heavy atom. The van der Waals surface area contributed by atoms with Crippen molar-refractivity contribution in [2.75, 3.05) is 26.2 Å². The maximum atomic E-state index is 5.69. The minimum atomic E-state index is 0.335. The van der Waals surface area contributed by atoms with E-state index in [1.165, 1.54) is 51.4 Å². The predicted octanol–water partition coefficient (Wildman–Crippen LogP) is 6.36. The molecule has 0 rings (SSSR count). The Morgan fingerprint density at radius 2 is 0.920 bits per heavy atom. The van der Waals surface area contributed by atoms with Gasteiger partial charge in [-0.2, -0.15) is 0 Å². The molecule has 0 spiro atoms. The van der Waals surface area contributed by atoms with E-state index < -0.39 is 0 Å². The molecule has 0 atom stereocenters. The van der Waals surface area contributed by atoms with E-state index in [1.54, 1.807) is 0 Å². The van der Waals surface area contributed by atoms with Gasteiger partial charge >= 0.3 is 181 Å². The Hall–Kier alpha value is 0.999. The first-order valence-electron chi connectivity index (χ1n) is 9.69. The van der Waals surface area contributed by atoms with E-state index in [1.807, 2.05) is 20.4 Å². The standard InChI is InChI=1S/C18H36N2S4Se/c1-5-9-13-19(14-10-6-2)17(21)23-25-24-18(22)20(15-11-7-3)16-12-8-4/h5-16H2,1-4H3. The Kier molecular flexibility index (Phi) is 19.1. The first-order valence-corrected chi connectivity index (χ1v) is 16.2. The molecule has 0 aliphatic heterocycles. The van der Waals surface area contributed by atoms with Crippen molar-refractivity contribution < 1.29 is 0 Å². The summed E-state index contributed by atoms with van der Waals surface area (Å²) < 4.78 is 2.15. The monoisotopic (exact) mass is 488 g/mol. The summed E-state index contributed by atoms with van der Waals surface area (Å²) in [4.78, 5) is 4.81. The van der Waals surface area contributed by atoms with Crippen LogP contribution in [0.5, 0.6) is 0 Å². The molecule has 25 heavy (non-hydrogen) atoms. The summed E-state index contributed by atoms with van der Waals surface area (Å²) >= 11 is 11.7. The van der Waals surface area contributed by atoms with Crippen LogP contribution < -0.4 is 0 Å². The number of hydrogen-bond donors (Lipinski definition) is 0.